The van der Waals surface area contributed by atoms with Gasteiger partial charge in [-0.05, 0) is 67.1 Å². The average molecular weight is 272 g/mol. The van der Waals surface area contributed by atoms with Crippen LogP contribution in [0, 0.1) is 0 Å². The number of esters is 1. The highest BCUT2D eigenvalue weighted by molar-refractivity contribution is 5.80. The van der Waals surface area contributed by atoms with Gasteiger partial charge >= 0.3 is 5.97 Å². The van der Waals surface area contributed by atoms with E-state index in [1.165, 1.54) is 0 Å². The third-order valence-electron chi connectivity index (χ3n) is 3.34. The smallest absolute Gasteiger partial charge is 0.326 e. The van der Waals surface area contributed by atoms with Crippen LogP contribution in [-0.2, 0) is 9.53 Å². The summed E-state index contributed by atoms with van der Waals surface area (Å²) in [7, 11) is 2.12. The van der Waals surface area contributed by atoms with Crippen LogP contribution < -0.4 is 5.32 Å². The number of rotatable bonds is 10. The topological polar surface area (TPSA) is 41.6 Å². The molecule has 0 spiro atoms. The lowest BCUT2D eigenvalue weighted by atomic mass is 9.93. The molecule has 0 aromatic heterocycles. The van der Waals surface area contributed by atoms with Crippen molar-refractivity contribution < 1.29 is 9.53 Å². The fourth-order valence-electron chi connectivity index (χ4n) is 2.18. The molecule has 4 heteroatoms. The molecule has 0 saturated heterocycles. The molecular weight excluding hydrogens is 240 g/mol. The monoisotopic (exact) mass is 272 g/mol. The van der Waals surface area contributed by atoms with Gasteiger partial charge in [0, 0.05) is 6.04 Å². The van der Waals surface area contributed by atoms with Gasteiger partial charge in [-0.15, -0.1) is 0 Å². The molecule has 0 rings (SSSR count). The minimum atomic E-state index is -0.561. The van der Waals surface area contributed by atoms with E-state index in [9.17, 15) is 4.79 Å². The number of unbranched alkanes of at least 4 members (excludes halogenated alkanes) is 1. The lowest BCUT2D eigenvalue weighted by molar-refractivity contribution is -0.151. The molecule has 1 atom stereocenters. The second kappa shape index (κ2) is 9.32. The highest BCUT2D eigenvalue weighted by Gasteiger charge is 2.34. The zero-order valence-electron chi connectivity index (χ0n) is 13.6. The highest BCUT2D eigenvalue weighted by atomic mass is 16.5. The van der Waals surface area contributed by atoms with Gasteiger partial charge < -0.3 is 9.64 Å². The van der Waals surface area contributed by atoms with Crippen LogP contribution in [0.1, 0.15) is 53.9 Å². The van der Waals surface area contributed by atoms with Gasteiger partial charge in [0.15, 0.2) is 0 Å². The number of carbonyl (C=O) groups excluding carboxylic acids is 1. The van der Waals surface area contributed by atoms with Crippen LogP contribution in [0.4, 0.5) is 0 Å². The Labute approximate surface area is 118 Å². The van der Waals surface area contributed by atoms with Crippen molar-refractivity contribution in [1.29, 1.82) is 0 Å². The summed E-state index contributed by atoms with van der Waals surface area (Å²) < 4.78 is 5.20. The van der Waals surface area contributed by atoms with E-state index in [2.05, 4.69) is 38.0 Å². The summed E-state index contributed by atoms with van der Waals surface area (Å²) in [6, 6.07) is 0.271. The van der Waals surface area contributed by atoms with Crippen molar-refractivity contribution in [1.82, 2.24) is 10.2 Å². The van der Waals surface area contributed by atoms with E-state index in [0.29, 0.717) is 6.61 Å². The normalized spacial score (nSPS) is 14.7. The summed E-state index contributed by atoms with van der Waals surface area (Å²) in [6.45, 7) is 12.7. The molecule has 0 bridgehead atoms. The molecule has 0 aliphatic carbocycles. The van der Waals surface area contributed by atoms with Gasteiger partial charge in [-0.25, -0.2) is 0 Å². The molecule has 19 heavy (non-hydrogen) atoms. The maximum absolute atomic E-state index is 12.1. The van der Waals surface area contributed by atoms with Crippen molar-refractivity contribution in [3.8, 4) is 0 Å². The molecule has 1 N–H and O–H groups in total. The first kappa shape index (κ1) is 18.4. The standard InChI is InChI=1S/C15H32N2O2/c1-7-17(6)12-10-9-11-15(5,16-13(3)4)14(18)19-8-2/h13,16H,7-12H2,1-6H3. The molecule has 4 nitrogen and oxygen atoms in total. The predicted molar refractivity (Wildman–Crippen MR) is 80.3 cm³/mol. The fourth-order valence-corrected chi connectivity index (χ4v) is 2.18. The SMILES string of the molecule is CCOC(=O)C(C)(CCCCN(C)CC)NC(C)C. The van der Waals surface area contributed by atoms with Crippen molar-refractivity contribution >= 4 is 5.97 Å². The first-order chi connectivity index (χ1) is 8.85. The van der Waals surface area contributed by atoms with Crippen molar-refractivity contribution in [3.63, 3.8) is 0 Å². The molecule has 114 valence electrons. The predicted octanol–water partition coefficient (Wildman–Crippen LogP) is 2.43. The van der Waals surface area contributed by atoms with E-state index in [1.54, 1.807) is 0 Å². The molecule has 1 unspecified atom stereocenters. The summed E-state index contributed by atoms with van der Waals surface area (Å²) >= 11 is 0. The second-order valence-corrected chi connectivity index (χ2v) is 5.70. The van der Waals surface area contributed by atoms with Gasteiger partial charge in [-0.1, -0.05) is 6.92 Å². The van der Waals surface area contributed by atoms with E-state index in [-0.39, 0.29) is 12.0 Å². The Kier molecular flexibility index (Phi) is 9.02. The molecular formula is C15H32N2O2. The van der Waals surface area contributed by atoms with E-state index in [4.69, 9.17) is 4.74 Å². The van der Waals surface area contributed by atoms with E-state index >= 15 is 0 Å². The number of ether oxygens (including phenoxy) is 1. The number of nitrogens with one attached hydrogen (secondary N) is 1. The van der Waals surface area contributed by atoms with Crippen LogP contribution in [0.15, 0.2) is 0 Å². The Morgan fingerprint density at radius 2 is 1.95 bits per heavy atom. The molecule has 0 aliphatic heterocycles. The summed E-state index contributed by atoms with van der Waals surface area (Å²) in [5.41, 5.74) is -0.561. The molecule has 0 saturated carbocycles. The Bertz CT molecular complexity index is 257. The number of hydrogen-bond donors (Lipinski definition) is 1. The molecule has 0 fully saturated rings. The summed E-state index contributed by atoms with van der Waals surface area (Å²) in [6.07, 6.45) is 2.96. The Hall–Kier alpha value is -0.610. The molecule has 0 amide bonds. The summed E-state index contributed by atoms with van der Waals surface area (Å²) in [4.78, 5) is 14.4. The Morgan fingerprint density at radius 1 is 1.32 bits per heavy atom. The number of carbonyl (C=O) groups is 1. The maximum Gasteiger partial charge on any atom is 0.326 e. The maximum atomic E-state index is 12.1. The van der Waals surface area contributed by atoms with Crippen LogP contribution in [0.25, 0.3) is 0 Å². The first-order valence-corrected chi connectivity index (χ1v) is 7.49. The third kappa shape index (κ3) is 7.53. The van der Waals surface area contributed by atoms with Crippen LogP contribution in [0.3, 0.4) is 0 Å². The van der Waals surface area contributed by atoms with Crippen LogP contribution in [-0.4, -0.2) is 49.2 Å². The average Bonchev–Trinajstić information content (AvgIpc) is 2.33. The quantitative estimate of drug-likeness (QED) is 0.490. The molecule has 0 radical (unpaired) electrons. The Balaban J connectivity index is 4.31. The fraction of sp³-hybridized carbons (Fsp3) is 0.933. The largest absolute Gasteiger partial charge is 0.465 e. The van der Waals surface area contributed by atoms with Gasteiger partial charge in [0.1, 0.15) is 5.54 Å². The molecule has 0 aromatic carbocycles. The van der Waals surface area contributed by atoms with Crippen LogP contribution in [0.2, 0.25) is 0 Å². The van der Waals surface area contributed by atoms with Gasteiger partial charge in [-0.3, -0.25) is 10.1 Å². The minimum absolute atomic E-state index is 0.132. The number of hydrogen-bond acceptors (Lipinski definition) is 4. The van der Waals surface area contributed by atoms with E-state index in [1.807, 2.05) is 13.8 Å². The third-order valence-corrected chi connectivity index (χ3v) is 3.34. The van der Waals surface area contributed by atoms with Crippen molar-refractivity contribution in [3.05, 3.63) is 0 Å². The van der Waals surface area contributed by atoms with Crippen molar-refractivity contribution in [2.24, 2.45) is 0 Å². The van der Waals surface area contributed by atoms with Gasteiger partial charge in [0.05, 0.1) is 6.61 Å². The minimum Gasteiger partial charge on any atom is -0.465 e. The van der Waals surface area contributed by atoms with E-state index in [0.717, 1.165) is 32.4 Å². The van der Waals surface area contributed by atoms with Crippen molar-refractivity contribution in [2.75, 3.05) is 26.7 Å². The van der Waals surface area contributed by atoms with Crippen LogP contribution >= 0.6 is 0 Å². The summed E-state index contributed by atoms with van der Waals surface area (Å²) in [5.74, 6) is -0.132. The lowest BCUT2D eigenvalue weighted by Crippen LogP contribution is -2.53. The van der Waals surface area contributed by atoms with E-state index < -0.39 is 5.54 Å². The molecule has 0 heterocycles. The molecule has 0 aromatic rings. The zero-order valence-corrected chi connectivity index (χ0v) is 13.6. The Morgan fingerprint density at radius 3 is 2.42 bits per heavy atom. The zero-order chi connectivity index (χ0) is 14.9. The highest BCUT2D eigenvalue weighted by Crippen LogP contribution is 2.17. The van der Waals surface area contributed by atoms with Gasteiger partial charge in [-0.2, -0.15) is 0 Å². The van der Waals surface area contributed by atoms with Crippen LogP contribution in [0.5, 0.6) is 0 Å². The first-order valence-electron chi connectivity index (χ1n) is 7.49. The van der Waals surface area contributed by atoms with Crippen molar-refractivity contribution in [2.45, 2.75) is 65.5 Å². The summed E-state index contributed by atoms with van der Waals surface area (Å²) in [5, 5.41) is 3.35. The second-order valence-electron chi connectivity index (χ2n) is 5.70. The van der Waals surface area contributed by atoms with Gasteiger partial charge in [0.2, 0.25) is 0 Å². The van der Waals surface area contributed by atoms with Gasteiger partial charge in [0.25, 0.3) is 0 Å². The lowest BCUT2D eigenvalue weighted by Gasteiger charge is -2.31. The molecule has 0 aliphatic rings. The number of nitrogens with zero attached hydrogens (tertiary/aromatic N) is 1.